The summed E-state index contributed by atoms with van der Waals surface area (Å²) >= 11 is 0. The fourth-order valence-electron chi connectivity index (χ4n) is 4.16. The fraction of sp³-hybridized carbons (Fsp3) is 0.133. The molecule has 0 saturated carbocycles. The Balaban J connectivity index is 1.26. The molecular formula is C30H26F2N6O3. The second-order valence-electron chi connectivity index (χ2n) is 9.07. The highest BCUT2D eigenvalue weighted by Gasteiger charge is 2.13. The van der Waals surface area contributed by atoms with E-state index in [9.17, 15) is 18.4 Å². The first-order valence-corrected chi connectivity index (χ1v) is 12.7. The Kier molecular flexibility index (Phi) is 8.14. The second kappa shape index (κ2) is 12.2. The van der Waals surface area contributed by atoms with Crippen molar-refractivity contribution in [3.05, 3.63) is 102 Å². The normalized spacial score (nSPS) is 10.8. The highest BCUT2D eigenvalue weighted by Crippen LogP contribution is 2.28. The number of halogens is 2. The Hall–Kier alpha value is -5.32. The van der Waals surface area contributed by atoms with Crippen LogP contribution in [0.4, 0.5) is 26.1 Å². The first-order valence-electron chi connectivity index (χ1n) is 12.7. The molecule has 0 fully saturated rings. The molecule has 0 spiro atoms. The zero-order chi connectivity index (χ0) is 28.8. The molecular weight excluding hydrogens is 530 g/mol. The second-order valence-corrected chi connectivity index (χ2v) is 9.07. The lowest BCUT2D eigenvalue weighted by atomic mass is 10.1. The van der Waals surface area contributed by atoms with E-state index in [1.807, 2.05) is 42.6 Å². The van der Waals surface area contributed by atoms with Crippen molar-refractivity contribution in [2.75, 3.05) is 31.0 Å². The molecule has 0 radical (unpaired) electrons. The van der Waals surface area contributed by atoms with Gasteiger partial charge in [-0.15, -0.1) is 5.10 Å². The van der Waals surface area contributed by atoms with Crippen LogP contribution in [-0.4, -0.2) is 46.7 Å². The largest absolute Gasteiger partial charge is 0.495 e. The van der Waals surface area contributed by atoms with E-state index < -0.39 is 12.6 Å². The summed E-state index contributed by atoms with van der Waals surface area (Å²) in [6, 6.07) is 21.8. The van der Waals surface area contributed by atoms with Gasteiger partial charge in [0, 0.05) is 29.6 Å². The maximum absolute atomic E-state index is 13.1. The quantitative estimate of drug-likeness (QED) is 0.219. The van der Waals surface area contributed by atoms with Crippen molar-refractivity contribution in [2.45, 2.75) is 6.42 Å². The van der Waals surface area contributed by atoms with Crippen molar-refractivity contribution in [1.29, 1.82) is 0 Å². The minimum absolute atomic E-state index is 0.0616. The van der Waals surface area contributed by atoms with E-state index in [1.165, 1.54) is 19.2 Å². The molecule has 3 aromatic carbocycles. The van der Waals surface area contributed by atoms with E-state index in [1.54, 1.807) is 34.8 Å². The van der Waals surface area contributed by atoms with E-state index in [-0.39, 0.29) is 24.7 Å². The average Bonchev–Trinajstić information content (AvgIpc) is 3.39. The first kappa shape index (κ1) is 27.3. The molecule has 0 aliphatic carbocycles. The number of methoxy groups -OCH3 is 1. The molecule has 0 saturated heterocycles. The Morgan fingerprint density at radius 2 is 1.71 bits per heavy atom. The average molecular weight is 557 g/mol. The van der Waals surface area contributed by atoms with Crippen LogP contribution in [0.2, 0.25) is 0 Å². The van der Waals surface area contributed by atoms with E-state index in [0.717, 1.165) is 16.7 Å². The number of rotatable bonds is 10. The van der Waals surface area contributed by atoms with Gasteiger partial charge in [-0.1, -0.05) is 24.3 Å². The lowest BCUT2D eigenvalue weighted by molar-refractivity contribution is -0.115. The minimum Gasteiger partial charge on any atom is -0.495 e. The zero-order valence-corrected chi connectivity index (χ0v) is 22.0. The molecule has 5 aromatic rings. The molecule has 3 N–H and O–H groups in total. The Bertz CT molecular complexity index is 1690. The first-order chi connectivity index (χ1) is 19.9. The highest BCUT2D eigenvalue weighted by atomic mass is 19.1. The van der Waals surface area contributed by atoms with E-state index >= 15 is 0 Å². The van der Waals surface area contributed by atoms with Crippen molar-refractivity contribution in [3.8, 4) is 16.9 Å². The third kappa shape index (κ3) is 6.64. The maximum Gasteiger partial charge on any atom is 0.251 e. The van der Waals surface area contributed by atoms with E-state index in [2.05, 4.69) is 26.0 Å². The number of nitrogens with zero attached hydrogens (tertiary/aromatic N) is 3. The smallest absolute Gasteiger partial charge is 0.251 e. The molecule has 2 heterocycles. The third-order valence-corrected chi connectivity index (χ3v) is 6.20. The molecule has 41 heavy (non-hydrogen) atoms. The van der Waals surface area contributed by atoms with Gasteiger partial charge in [-0.2, -0.15) is 4.98 Å². The molecule has 11 heteroatoms. The summed E-state index contributed by atoms with van der Waals surface area (Å²) < 4.78 is 32.5. The molecule has 0 bridgehead atoms. The van der Waals surface area contributed by atoms with Crippen LogP contribution in [0.25, 0.3) is 16.8 Å². The molecule has 0 unspecified atom stereocenters. The summed E-state index contributed by atoms with van der Waals surface area (Å²) in [4.78, 5) is 29.0. The van der Waals surface area contributed by atoms with Gasteiger partial charge in [-0.25, -0.2) is 13.3 Å². The summed E-state index contributed by atoms with van der Waals surface area (Å²) in [7, 11) is 1.48. The van der Waals surface area contributed by atoms with Gasteiger partial charge in [0.25, 0.3) is 5.91 Å². The van der Waals surface area contributed by atoms with Gasteiger partial charge >= 0.3 is 0 Å². The van der Waals surface area contributed by atoms with Crippen molar-refractivity contribution in [2.24, 2.45) is 0 Å². The molecule has 2 aromatic heterocycles. The fourth-order valence-corrected chi connectivity index (χ4v) is 4.16. The number of pyridine rings is 1. The standard InChI is InChI=1S/C30H26F2N6O3/c1-41-26-17-21(29(40)33-15-14-31)6-12-25(26)35-30-36-27-13-7-22(18-38(27)37-30)20-4-10-24(11-5-20)34-28(39)16-19-2-8-23(32)9-3-19/h2-13,17-18H,14-16H2,1H3,(H,33,40)(H,34,39)(H,35,37). The number of nitrogens with one attached hydrogen (secondary N) is 3. The van der Waals surface area contributed by atoms with Crippen LogP contribution in [-0.2, 0) is 11.2 Å². The van der Waals surface area contributed by atoms with Crippen LogP contribution in [0.5, 0.6) is 5.75 Å². The van der Waals surface area contributed by atoms with Crippen LogP contribution in [0.15, 0.2) is 85.1 Å². The molecule has 0 atom stereocenters. The van der Waals surface area contributed by atoms with Crippen molar-refractivity contribution in [1.82, 2.24) is 19.9 Å². The highest BCUT2D eigenvalue weighted by molar-refractivity contribution is 5.95. The topological polar surface area (TPSA) is 110 Å². The number of fused-ring (bicyclic) bond motifs is 1. The van der Waals surface area contributed by atoms with E-state index in [0.29, 0.717) is 34.3 Å². The lowest BCUT2D eigenvalue weighted by Crippen LogP contribution is -2.25. The van der Waals surface area contributed by atoms with Crippen molar-refractivity contribution in [3.63, 3.8) is 0 Å². The zero-order valence-electron chi connectivity index (χ0n) is 22.0. The van der Waals surface area contributed by atoms with Crippen LogP contribution in [0.3, 0.4) is 0 Å². The van der Waals surface area contributed by atoms with Gasteiger partial charge in [0.2, 0.25) is 11.9 Å². The third-order valence-electron chi connectivity index (χ3n) is 6.20. The summed E-state index contributed by atoms with van der Waals surface area (Å²) in [5.74, 6) is -0.200. The molecule has 0 aliphatic rings. The van der Waals surface area contributed by atoms with Gasteiger partial charge in [0.05, 0.1) is 19.2 Å². The Morgan fingerprint density at radius 1 is 0.951 bits per heavy atom. The number of benzene rings is 3. The summed E-state index contributed by atoms with van der Waals surface area (Å²) in [5, 5.41) is 12.9. The summed E-state index contributed by atoms with van der Waals surface area (Å²) in [5.41, 5.74) is 4.69. The number of carbonyl (C=O) groups excluding carboxylic acids is 2. The number of alkyl halides is 1. The molecule has 208 valence electrons. The monoisotopic (exact) mass is 556 g/mol. The van der Waals surface area contributed by atoms with Crippen molar-refractivity contribution >= 4 is 34.8 Å². The summed E-state index contributed by atoms with van der Waals surface area (Å²) in [6.07, 6.45) is 1.98. The van der Waals surface area contributed by atoms with E-state index in [4.69, 9.17) is 4.74 Å². The Labute approximate surface area is 234 Å². The molecule has 5 rings (SSSR count). The predicted molar refractivity (Wildman–Crippen MR) is 152 cm³/mol. The number of hydrogen-bond donors (Lipinski definition) is 3. The predicted octanol–water partition coefficient (Wildman–Crippen LogP) is 5.17. The molecule has 9 nitrogen and oxygen atoms in total. The van der Waals surface area contributed by atoms with Gasteiger partial charge < -0.3 is 20.7 Å². The number of carbonyl (C=O) groups is 2. The minimum atomic E-state index is -0.645. The number of hydrogen-bond acceptors (Lipinski definition) is 6. The number of aromatic nitrogens is 3. The Morgan fingerprint density at radius 3 is 2.44 bits per heavy atom. The van der Waals surface area contributed by atoms with Crippen LogP contribution in [0.1, 0.15) is 15.9 Å². The van der Waals surface area contributed by atoms with Gasteiger partial charge in [-0.05, 0) is 65.7 Å². The number of ether oxygens (including phenoxy) is 1. The number of anilines is 3. The molecule has 0 aliphatic heterocycles. The summed E-state index contributed by atoms with van der Waals surface area (Å²) in [6.45, 7) is -0.707. The molecule has 2 amide bonds. The van der Waals surface area contributed by atoms with Crippen LogP contribution in [0, 0.1) is 5.82 Å². The van der Waals surface area contributed by atoms with Gasteiger partial charge in [-0.3, -0.25) is 9.59 Å². The lowest BCUT2D eigenvalue weighted by Gasteiger charge is -2.10. The van der Waals surface area contributed by atoms with Crippen LogP contribution >= 0.6 is 0 Å². The van der Waals surface area contributed by atoms with Crippen LogP contribution < -0.4 is 20.7 Å². The van der Waals surface area contributed by atoms with Gasteiger partial charge in [0.1, 0.15) is 18.2 Å². The van der Waals surface area contributed by atoms with Gasteiger partial charge in [0.15, 0.2) is 5.65 Å². The maximum atomic E-state index is 13.1. The SMILES string of the molecule is COc1cc(C(=O)NCCF)ccc1Nc1nc2ccc(-c3ccc(NC(=O)Cc4ccc(F)cc4)cc3)cn2n1. The number of amides is 2. The van der Waals surface area contributed by atoms with Crippen molar-refractivity contribution < 1.29 is 23.1 Å².